The summed E-state index contributed by atoms with van der Waals surface area (Å²) in [6.07, 6.45) is 0. The zero-order valence-corrected chi connectivity index (χ0v) is 16.5. The first-order valence-electron chi connectivity index (χ1n) is 9.25. The van der Waals surface area contributed by atoms with Crippen molar-refractivity contribution in [2.24, 2.45) is 11.8 Å². The Bertz CT molecular complexity index is 868. The van der Waals surface area contributed by atoms with E-state index < -0.39 is 0 Å². The first-order chi connectivity index (χ1) is 12.5. The van der Waals surface area contributed by atoms with E-state index in [1.807, 2.05) is 49.1 Å². The molecular weight excluding hydrogens is 360 g/mol. The van der Waals surface area contributed by atoms with Gasteiger partial charge in [0, 0.05) is 37.3 Å². The number of halogens is 1. The van der Waals surface area contributed by atoms with Gasteiger partial charge in [-0.2, -0.15) is 0 Å². The maximum absolute atomic E-state index is 13.1. The van der Waals surface area contributed by atoms with Crippen molar-refractivity contribution < 1.29 is 9.59 Å². The topological polar surface area (TPSA) is 49.4 Å². The van der Waals surface area contributed by atoms with Crippen molar-refractivity contribution in [1.82, 2.24) is 10.2 Å². The molecule has 2 saturated heterocycles. The van der Waals surface area contributed by atoms with Gasteiger partial charge in [0.05, 0.1) is 5.56 Å². The second-order valence-corrected chi connectivity index (χ2v) is 7.56. The highest BCUT2D eigenvalue weighted by Gasteiger charge is 2.38. The average Bonchev–Trinajstić information content (AvgIpc) is 3.25. The minimum atomic E-state index is -0.0851. The second kappa shape index (κ2) is 7.83. The lowest BCUT2D eigenvalue weighted by molar-refractivity contribution is 0.0777. The number of aryl methyl sites for hydroxylation is 2. The van der Waals surface area contributed by atoms with E-state index >= 15 is 0 Å². The summed E-state index contributed by atoms with van der Waals surface area (Å²) < 4.78 is 0. The van der Waals surface area contributed by atoms with E-state index in [2.05, 4.69) is 5.32 Å². The van der Waals surface area contributed by atoms with Gasteiger partial charge < -0.3 is 10.2 Å². The highest BCUT2D eigenvalue weighted by Crippen LogP contribution is 2.28. The van der Waals surface area contributed by atoms with Gasteiger partial charge in [-0.05, 0) is 48.9 Å². The molecular formula is C22H25ClN2O2. The zero-order chi connectivity index (χ0) is 18.3. The minimum absolute atomic E-state index is 0. The monoisotopic (exact) mass is 384 g/mol. The van der Waals surface area contributed by atoms with Gasteiger partial charge in [-0.15, -0.1) is 12.4 Å². The van der Waals surface area contributed by atoms with Crippen molar-refractivity contribution in [1.29, 1.82) is 0 Å². The fraction of sp³-hybridized carbons (Fsp3) is 0.364. The van der Waals surface area contributed by atoms with Gasteiger partial charge in [0.2, 0.25) is 0 Å². The normalized spacial score (nSPS) is 20.9. The SMILES string of the molecule is Cc1ccc(C(=O)c2ccccc2C(=O)N2C[C@H]3CNC[C@H]3C2)cc1C.Cl. The molecule has 0 radical (unpaired) electrons. The molecule has 2 aromatic carbocycles. The van der Waals surface area contributed by atoms with Crippen LogP contribution in [0.25, 0.3) is 0 Å². The Morgan fingerprint density at radius 1 is 0.926 bits per heavy atom. The van der Waals surface area contributed by atoms with E-state index in [1.165, 1.54) is 0 Å². The van der Waals surface area contributed by atoms with Crippen LogP contribution in [0, 0.1) is 25.7 Å². The largest absolute Gasteiger partial charge is 0.338 e. The molecule has 0 spiro atoms. The lowest BCUT2D eigenvalue weighted by Crippen LogP contribution is -2.32. The number of carbonyl (C=O) groups excluding carboxylic acids is 2. The molecule has 0 saturated carbocycles. The summed E-state index contributed by atoms with van der Waals surface area (Å²) in [5, 5.41) is 3.39. The summed E-state index contributed by atoms with van der Waals surface area (Å²) in [7, 11) is 0. The van der Waals surface area contributed by atoms with Gasteiger partial charge in [0.25, 0.3) is 5.91 Å². The Balaban J connectivity index is 0.00000210. The van der Waals surface area contributed by atoms with Gasteiger partial charge in [-0.3, -0.25) is 9.59 Å². The maximum atomic E-state index is 13.1. The quantitative estimate of drug-likeness (QED) is 0.826. The van der Waals surface area contributed by atoms with E-state index in [1.54, 1.807) is 12.1 Å². The summed E-state index contributed by atoms with van der Waals surface area (Å²) in [4.78, 5) is 28.1. The average molecular weight is 385 g/mol. The van der Waals surface area contributed by atoms with E-state index in [9.17, 15) is 9.59 Å². The summed E-state index contributed by atoms with van der Waals surface area (Å²) in [5.74, 6) is 0.980. The van der Waals surface area contributed by atoms with Crippen LogP contribution in [0.15, 0.2) is 42.5 Å². The van der Waals surface area contributed by atoms with Crippen molar-refractivity contribution >= 4 is 24.1 Å². The number of hydrogen-bond acceptors (Lipinski definition) is 3. The Hall–Kier alpha value is -2.17. The lowest BCUT2D eigenvalue weighted by atomic mass is 9.95. The molecule has 2 fully saturated rings. The predicted octanol–water partition coefficient (Wildman–Crippen LogP) is 3.25. The molecule has 2 atom stereocenters. The summed E-state index contributed by atoms with van der Waals surface area (Å²) in [6, 6.07) is 12.9. The van der Waals surface area contributed by atoms with Crippen LogP contribution in [-0.4, -0.2) is 42.8 Å². The molecule has 4 rings (SSSR count). The number of carbonyl (C=O) groups is 2. The fourth-order valence-corrected chi connectivity index (χ4v) is 4.10. The second-order valence-electron chi connectivity index (χ2n) is 7.56. The Kier molecular flexibility index (Phi) is 5.68. The molecule has 2 heterocycles. The first kappa shape index (κ1) is 19.6. The van der Waals surface area contributed by atoms with E-state index in [0.717, 1.165) is 37.3 Å². The maximum Gasteiger partial charge on any atom is 0.254 e. The number of nitrogens with one attached hydrogen (secondary N) is 1. The number of likely N-dealkylation sites (tertiary alicyclic amines) is 1. The van der Waals surface area contributed by atoms with Crippen LogP contribution >= 0.6 is 12.4 Å². The van der Waals surface area contributed by atoms with Crippen molar-refractivity contribution in [3.63, 3.8) is 0 Å². The van der Waals surface area contributed by atoms with Crippen molar-refractivity contribution in [3.8, 4) is 0 Å². The third kappa shape index (κ3) is 3.64. The van der Waals surface area contributed by atoms with Crippen LogP contribution in [0.4, 0.5) is 0 Å². The van der Waals surface area contributed by atoms with Crippen molar-refractivity contribution in [3.05, 3.63) is 70.3 Å². The highest BCUT2D eigenvalue weighted by atomic mass is 35.5. The smallest absolute Gasteiger partial charge is 0.254 e. The van der Waals surface area contributed by atoms with Crippen LogP contribution in [0.3, 0.4) is 0 Å². The number of hydrogen-bond donors (Lipinski definition) is 1. The number of ketones is 1. The Morgan fingerprint density at radius 2 is 1.56 bits per heavy atom. The molecule has 5 heteroatoms. The minimum Gasteiger partial charge on any atom is -0.338 e. The molecule has 0 aromatic heterocycles. The van der Waals surface area contributed by atoms with E-state index in [4.69, 9.17) is 0 Å². The molecule has 1 N–H and O–H groups in total. The molecule has 2 aliphatic rings. The number of benzene rings is 2. The van der Waals surface area contributed by atoms with Crippen LogP contribution in [0.2, 0.25) is 0 Å². The van der Waals surface area contributed by atoms with Crippen LogP contribution in [0.1, 0.15) is 37.4 Å². The summed E-state index contributed by atoms with van der Waals surface area (Å²) >= 11 is 0. The van der Waals surface area contributed by atoms with Gasteiger partial charge in [-0.25, -0.2) is 0 Å². The van der Waals surface area contributed by atoms with Crippen LogP contribution in [0.5, 0.6) is 0 Å². The van der Waals surface area contributed by atoms with Gasteiger partial charge >= 0.3 is 0 Å². The Morgan fingerprint density at radius 3 is 2.19 bits per heavy atom. The summed E-state index contributed by atoms with van der Waals surface area (Å²) in [6.45, 7) is 7.56. The van der Waals surface area contributed by atoms with E-state index in [0.29, 0.717) is 28.5 Å². The molecule has 1 amide bonds. The van der Waals surface area contributed by atoms with Gasteiger partial charge in [0.1, 0.15) is 0 Å². The molecule has 142 valence electrons. The number of nitrogens with zero attached hydrogens (tertiary/aromatic N) is 1. The number of rotatable bonds is 3. The third-order valence-corrected chi connectivity index (χ3v) is 5.85. The summed E-state index contributed by atoms with van der Waals surface area (Å²) in [5.41, 5.74) is 3.89. The highest BCUT2D eigenvalue weighted by molar-refractivity contribution is 6.15. The van der Waals surface area contributed by atoms with Crippen molar-refractivity contribution in [2.75, 3.05) is 26.2 Å². The molecule has 0 bridgehead atoms. The number of amides is 1. The lowest BCUT2D eigenvalue weighted by Gasteiger charge is -2.19. The third-order valence-electron chi connectivity index (χ3n) is 5.85. The predicted molar refractivity (Wildman–Crippen MR) is 109 cm³/mol. The molecule has 27 heavy (non-hydrogen) atoms. The molecule has 2 aromatic rings. The molecule has 0 aliphatic carbocycles. The number of fused-ring (bicyclic) bond motifs is 1. The Labute approximate surface area is 166 Å². The molecule has 2 aliphatic heterocycles. The van der Waals surface area contributed by atoms with Gasteiger partial charge in [-0.1, -0.05) is 30.3 Å². The molecule has 4 nitrogen and oxygen atoms in total. The van der Waals surface area contributed by atoms with Crippen molar-refractivity contribution in [2.45, 2.75) is 13.8 Å². The van der Waals surface area contributed by atoms with Gasteiger partial charge in [0.15, 0.2) is 5.78 Å². The van der Waals surface area contributed by atoms with E-state index in [-0.39, 0.29) is 24.1 Å². The molecule has 0 unspecified atom stereocenters. The van der Waals surface area contributed by atoms with Crippen LogP contribution in [-0.2, 0) is 0 Å². The standard InChI is InChI=1S/C22H24N2O2.ClH/c1-14-7-8-16(9-15(14)2)21(25)19-5-3-4-6-20(19)22(26)24-12-17-10-23-11-18(17)13-24;/h3-9,17-18,23H,10-13H2,1-2H3;1H/t17-,18+;. The first-order valence-corrected chi connectivity index (χ1v) is 9.25. The zero-order valence-electron chi connectivity index (χ0n) is 15.7. The van der Waals surface area contributed by atoms with Crippen LogP contribution < -0.4 is 5.32 Å². The fourth-order valence-electron chi connectivity index (χ4n) is 4.10.